The third-order valence-corrected chi connectivity index (χ3v) is 4.10. The van der Waals surface area contributed by atoms with Gasteiger partial charge in [0.15, 0.2) is 0 Å². The second-order valence-corrected chi connectivity index (χ2v) is 5.89. The van der Waals surface area contributed by atoms with Gasteiger partial charge in [0.05, 0.1) is 4.92 Å². The van der Waals surface area contributed by atoms with Crippen molar-refractivity contribution in [2.75, 3.05) is 5.32 Å². The van der Waals surface area contributed by atoms with E-state index >= 15 is 0 Å². The number of hydrogen-bond donors (Lipinski definition) is 1. The van der Waals surface area contributed by atoms with Gasteiger partial charge in [-0.15, -0.1) is 0 Å². The molecule has 5 nitrogen and oxygen atoms in total. The number of benzene rings is 1. The van der Waals surface area contributed by atoms with Gasteiger partial charge < -0.3 is 5.32 Å². The zero-order valence-corrected chi connectivity index (χ0v) is 12.5. The van der Waals surface area contributed by atoms with Gasteiger partial charge in [-0.25, -0.2) is 4.98 Å². The molecule has 1 saturated carbocycles. The van der Waals surface area contributed by atoms with Crippen LogP contribution in [-0.4, -0.2) is 15.9 Å². The lowest BCUT2D eigenvalue weighted by Crippen LogP contribution is -2.25. The van der Waals surface area contributed by atoms with E-state index in [1.165, 1.54) is 24.6 Å². The van der Waals surface area contributed by atoms with Crippen molar-refractivity contribution >= 4 is 11.5 Å². The molecule has 1 N–H and O–H groups in total. The molecular formula is C17H19N3O2. The summed E-state index contributed by atoms with van der Waals surface area (Å²) in [6.45, 7) is 1.74. The monoisotopic (exact) mass is 297 g/mol. The van der Waals surface area contributed by atoms with E-state index in [1.807, 2.05) is 18.2 Å². The quantitative estimate of drug-likeness (QED) is 0.651. The van der Waals surface area contributed by atoms with Gasteiger partial charge in [0.2, 0.25) is 0 Å². The first kappa shape index (κ1) is 14.5. The molecule has 5 heteroatoms. The SMILES string of the molecule is Cc1cc(NC(Cc2ccccc2)C2CC2)ncc1[N+](=O)[O-]. The number of rotatable bonds is 6. The van der Waals surface area contributed by atoms with E-state index in [-0.39, 0.29) is 5.69 Å². The number of pyridine rings is 1. The molecule has 1 aromatic heterocycles. The van der Waals surface area contributed by atoms with Crippen molar-refractivity contribution in [3.05, 3.63) is 63.8 Å². The normalized spacial score (nSPS) is 15.3. The smallest absolute Gasteiger partial charge is 0.290 e. The van der Waals surface area contributed by atoms with Gasteiger partial charge in [-0.3, -0.25) is 10.1 Å². The van der Waals surface area contributed by atoms with Crippen LogP contribution in [-0.2, 0) is 6.42 Å². The Labute approximate surface area is 129 Å². The summed E-state index contributed by atoms with van der Waals surface area (Å²) in [4.78, 5) is 14.7. The number of anilines is 1. The Morgan fingerprint density at radius 3 is 2.68 bits per heavy atom. The van der Waals surface area contributed by atoms with Crippen molar-refractivity contribution < 1.29 is 4.92 Å². The molecule has 1 unspecified atom stereocenters. The minimum atomic E-state index is -0.394. The number of nitrogens with one attached hydrogen (secondary N) is 1. The first-order valence-corrected chi connectivity index (χ1v) is 7.55. The minimum Gasteiger partial charge on any atom is -0.367 e. The first-order chi connectivity index (χ1) is 10.6. The van der Waals surface area contributed by atoms with Crippen molar-refractivity contribution in [2.24, 2.45) is 5.92 Å². The molecule has 3 rings (SSSR count). The molecule has 1 aromatic carbocycles. The van der Waals surface area contributed by atoms with E-state index in [1.54, 1.807) is 13.0 Å². The molecule has 0 aliphatic heterocycles. The van der Waals surface area contributed by atoms with Gasteiger partial charge >= 0.3 is 0 Å². The highest BCUT2D eigenvalue weighted by atomic mass is 16.6. The van der Waals surface area contributed by atoms with Crippen LogP contribution < -0.4 is 5.32 Å². The molecule has 114 valence electrons. The maximum atomic E-state index is 10.9. The second kappa shape index (κ2) is 6.13. The largest absolute Gasteiger partial charge is 0.367 e. The summed E-state index contributed by atoms with van der Waals surface area (Å²) in [6.07, 6.45) is 4.75. The fraction of sp³-hybridized carbons (Fsp3) is 0.353. The molecule has 0 bridgehead atoms. The predicted octanol–water partition coefficient (Wildman–Crippen LogP) is 3.73. The van der Waals surface area contributed by atoms with Crippen LogP contribution >= 0.6 is 0 Å². The Morgan fingerprint density at radius 2 is 2.09 bits per heavy atom. The van der Waals surface area contributed by atoms with E-state index in [4.69, 9.17) is 0 Å². The van der Waals surface area contributed by atoms with Crippen LogP contribution in [0, 0.1) is 23.0 Å². The molecule has 1 aliphatic carbocycles. The van der Waals surface area contributed by atoms with Crippen LogP contribution in [0.15, 0.2) is 42.6 Å². The number of aryl methyl sites for hydroxylation is 1. The number of hydrogen-bond acceptors (Lipinski definition) is 4. The van der Waals surface area contributed by atoms with Gasteiger partial charge in [0.1, 0.15) is 12.0 Å². The molecule has 1 atom stereocenters. The highest BCUT2D eigenvalue weighted by Gasteiger charge is 2.31. The van der Waals surface area contributed by atoms with Crippen molar-refractivity contribution in [1.82, 2.24) is 4.98 Å². The highest BCUT2D eigenvalue weighted by Crippen LogP contribution is 2.35. The predicted molar refractivity (Wildman–Crippen MR) is 85.9 cm³/mol. The van der Waals surface area contributed by atoms with E-state index in [0.717, 1.165) is 12.2 Å². The first-order valence-electron chi connectivity index (χ1n) is 7.55. The van der Waals surface area contributed by atoms with Crippen molar-refractivity contribution in [3.8, 4) is 0 Å². The van der Waals surface area contributed by atoms with Crippen molar-refractivity contribution in [1.29, 1.82) is 0 Å². The zero-order chi connectivity index (χ0) is 15.5. The fourth-order valence-corrected chi connectivity index (χ4v) is 2.71. The van der Waals surface area contributed by atoms with Crippen LogP contribution in [0.1, 0.15) is 24.0 Å². The third-order valence-electron chi connectivity index (χ3n) is 4.10. The maximum absolute atomic E-state index is 10.9. The average Bonchev–Trinajstić information content (AvgIpc) is 3.32. The van der Waals surface area contributed by atoms with E-state index in [0.29, 0.717) is 17.5 Å². The van der Waals surface area contributed by atoms with Crippen LogP contribution in [0.25, 0.3) is 0 Å². The van der Waals surface area contributed by atoms with Crippen LogP contribution in [0.2, 0.25) is 0 Å². The van der Waals surface area contributed by atoms with Crippen molar-refractivity contribution in [2.45, 2.75) is 32.2 Å². The molecule has 0 saturated heterocycles. The Balaban J connectivity index is 1.74. The lowest BCUT2D eigenvalue weighted by atomic mass is 10.0. The summed E-state index contributed by atoms with van der Waals surface area (Å²) in [5, 5.41) is 14.3. The van der Waals surface area contributed by atoms with Gasteiger partial charge in [-0.1, -0.05) is 30.3 Å². The molecule has 0 amide bonds. The number of nitrogens with zero attached hydrogens (tertiary/aromatic N) is 2. The Hall–Kier alpha value is -2.43. The van der Waals surface area contributed by atoms with Crippen LogP contribution in [0.3, 0.4) is 0 Å². The average molecular weight is 297 g/mol. The molecule has 2 aromatic rings. The molecular weight excluding hydrogens is 278 g/mol. The summed E-state index contributed by atoms with van der Waals surface area (Å²) in [6, 6.07) is 12.5. The van der Waals surface area contributed by atoms with Crippen molar-refractivity contribution in [3.63, 3.8) is 0 Å². The Bertz CT molecular complexity index is 669. The molecule has 22 heavy (non-hydrogen) atoms. The topological polar surface area (TPSA) is 68.1 Å². The van der Waals surface area contributed by atoms with E-state index in [9.17, 15) is 10.1 Å². The summed E-state index contributed by atoms with van der Waals surface area (Å²) in [5.74, 6) is 1.38. The van der Waals surface area contributed by atoms with Gasteiger partial charge in [0, 0.05) is 11.6 Å². The lowest BCUT2D eigenvalue weighted by molar-refractivity contribution is -0.385. The Morgan fingerprint density at radius 1 is 1.36 bits per heavy atom. The van der Waals surface area contributed by atoms with Gasteiger partial charge in [0.25, 0.3) is 5.69 Å². The summed E-state index contributed by atoms with van der Waals surface area (Å²) in [7, 11) is 0. The highest BCUT2D eigenvalue weighted by molar-refractivity contribution is 5.47. The van der Waals surface area contributed by atoms with Gasteiger partial charge in [-0.05, 0) is 43.7 Å². The van der Waals surface area contributed by atoms with E-state index < -0.39 is 4.92 Å². The van der Waals surface area contributed by atoms with E-state index in [2.05, 4.69) is 22.4 Å². The van der Waals surface area contributed by atoms with Crippen LogP contribution in [0.4, 0.5) is 11.5 Å². The lowest BCUT2D eigenvalue weighted by Gasteiger charge is -2.19. The molecule has 0 radical (unpaired) electrons. The summed E-state index contributed by atoms with van der Waals surface area (Å²) >= 11 is 0. The number of nitro groups is 1. The minimum absolute atomic E-state index is 0.0663. The fourth-order valence-electron chi connectivity index (χ4n) is 2.71. The zero-order valence-electron chi connectivity index (χ0n) is 12.5. The third kappa shape index (κ3) is 3.42. The Kier molecular flexibility index (Phi) is 4.04. The summed E-state index contributed by atoms with van der Waals surface area (Å²) in [5.41, 5.74) is 2.00. The summed E-state index contributed by atoms with van der Waals surface area (Å²) < 4.78 is 0. The second-order valence-electron chi connectivity index (χ2n) is 5.89. The van der Waals surface area contributed by atoms with Gasteiger partial charge in [-0.2, -0.15) is 0 Å². The maximum Gasteiger partial charge on any atom is 0.290 e. The standard InChI is InChI=1S/C17H19N3O2/c1-12-9-17(18-11-16(12)20(21)22)19-15(14-7-8-14)10-13-5-3-2-4-6-13/h2-6,9,11,14-15H,7-8,10H2,1H3,(H,18,19). The molecule has 1 aliphatic rings. The van der Waals surface area contributed by atoms with Crippen LogP contribution in [0.5, 0.6) is 0 Å². The number of aromatic nitrogens is 1. The molecule has 0 spiro atoms. The molecule has 1 fully saturated rings. The molecule has 1 heterocycles.